The van der Waals surface area contributed by atoms with Crippen LogP contribution in [0.1, 0.15) is 11.3 Å². The molecule has 18 heavy (non-hydrogen) atoms. The molecule has 92 valence electrons. The van der Waals surface area contributed by atoms with Crippen LogP contribution in [0.2, 0.25) is 0 Å². The Kier molecular flexibility index (Phi) is 3.38. The summed E-state index contributed by atoms with van der Waals surface area (Å²) in [5.41, 5.74) is 0.926. The Balaban J connectivity index is 2.11. The van der Waals surface area contributed by atoms with Crippen LogP contribution in [0.5, 0.6) is 5.75 Å². The van der Waals surface area contributed by atoms with Gasteiger partial charge in [0.25, 0.3) is 0 Å². The highest BCUT2D eigenvalue weighted by molar-refractivity contribution is 5.67. The second kappa shape index (κ2) is 5.13. The van der Waals surface area contributed by atoms with Gasteiger partial charge in [0, 0.05) is 4.92 Å². The second-order valence-corrected chi connectivity index (χ2v) is 3.41. The van der Waals surface area contributed by atoms with E-state index in [4.69, 9.17) is 9.15 Å². The molecular weight excluding hydrogens is 236 g/mol. The highest BCUT2D eigenvalue weighted by Crippen LogP contribution is 2.16. The van der Waals surface area contributed by atoms with E-state index in [1.165, 1.54) is 6.20 Å². The van der Waals surface area contributed by atoms with E-state index in [1.807, 2.05) is 24.3 Å². The largest absolute Gasteiger partial charge is 0.546 e. The van der Waals surface area contributed by atoms with Crippen LogP contribution in [0.3, 0.4) is 0 Å². The highest BCUT2D eigenvalue weighted by Gasteiger charge is 2.12. The lowest BCUT2D eigenvalue weighted by molar-refractivity contribution is -0.407. The van der Waals surface area contributed by atoms with Crippen LogP contribution in [0.4, 0.5) is 6.01 Å². The zero-order valence-corrected chi connectivity index (χ0v) is 9.57. The lowest BCUT2D eigenvalue weighted by Crippen LogP contribution is -1.85. The zero-order valence-electron chi connectivity index (χ0n) is 9.57. The minimum atomic E-state index is -0.676. The molecule has 2 aromatic rings. The third-order valence-corrected chi connectivity index (χ3v) is 2.22. The first-order chi connectivity index (χ1) is 8.69. The van der Waals surface area contributed by atoms with Gasteiger partial charge in [0.05, 0.1) is 7.11 Å². The summed E-state index contributed by atoms with van der Waals surface area (Å²) in [7, 11) is 1.60. The Morgan fingerprint density at radius 3 is 2.61 bits per heavy atom. The maximum absolute atomic E-state index is 10.4. The number of oxazole rings is 1. The Bertz CT molecular complexity index is 572. The maximum atomic E-state index is 10.4. The van der Waals surface area contributed by atoms with E-state index >= 15 is 0 Å². The average Bonchev–Trinajstić information content (AvgIpc) is 2.86. The molecule has 0 amide bonds. The summed E-state index contributed by atoms with van der Waals surface area (Å²) in [6.45, 7) is 0. The van der Waals surface area contributed by atoms with Gasteiger partial charge in [-0.2, -0.15) is 0 Å². The monoisotopic (exact) mass is 246 g/mol. The molecule has 6 heteroatoms. The summed E-state index contributed by atoms with van der Waals surface area (Å²) < 4.78 is 9.92. The van der Waals surface area contributed by atoms with Gasteiger partial charge in [-0.25, -0.2) is 0 Å². The lowest BCUT2D eigenvalue weighted by atomic mass is 10.2. The van der Waals surface area contributed by atoms with Crippen LogP contribution >= 0.6 is 0 Å². The molecule has 1 heterocycles. The quantitative estimate of drug-likeness (QED) is 0.612. The SMILES string of the molecule is COc1ccc(/C=C/c2cnc([N+](=O)[O-])o2)cc1. The van der Waals surface area contributed by atoms with Crippen molar-refractivity contribution in [3.05, 3.63) is 51.9 Å². The van der Waals surface area contributed by atoms with Crippen molar-refractivity contribution in [2.24, 2.45) is 0 Å². The molecule has 1 aromatic heterocycles. The first-order valence-electron chi connectivity index (χ1n) is 5.11. The summed E-state index contributed by atoms with van der Waals surface area (Å²) in [5, 5.41) is 10.4. The van der Waals surface area contributed by atoms with Crippen LogP contribution < -0.4 is 4.74 Å². The van der Waals surface area contributed by atoms with E-state index in [0.717, 1.165) is 11.3 Å². The number of hydrogen-bond donors (Lipinski definition) is 0. The predicted molar refractivity (Wildman–Crippen MR) is 65.1 cm³/mol. The van der Waals surface area contributed by atoms with Crippen molar-refractivity contribution in [3.63, 3.8) is 0 Å². The summed E-state index contributed by atoms with van der Waals surface area (Å²) in [5.74, 6) is 1.10. The molecule has 0 atom stereocenters. The lowest BCUT2D eigenvalue weighted by Gasteiger charge is -1.98. The number of nitro groups is 1. The van der Waals surface area contributed by atoms with Gasteiger partial charge < -0.3 is 19.3 Å². The molecule has 6 nitrogen and oxygen atoms in total. The molecule has 2 rings (SSSR count). The Morgan fingerprint density at radius 2 is 2.06 bits per heavy atom. The molecule has 0 saturated heterocycles. The van der Waals surface area contributed by atoms with E-state index in [0.29, 0.717) is 5.76 Å². The Labute approximate surface area is 103 Å². The van der Waals surface area contributed by atoms with Gasteiger partial charge in [-0.1, -0.05) is 18.2 Å². The summed E-state index contributed by atoms with van der Waals surface area (Å²) >= 11 is 0. The number of methoxy groups -OCH3 is 1. The zero-order chi connectivity index (χ0) is 13.0. The Morgan fingerprint density at radius 1 is 1.33 bits per heavy atom. The molecule has 0 aliphatic carbocycles. The van der Waals surface area contributed by atoms with Gasteiger partial charge in [0.15, 0.2) is 12.0 Å². The van der Waals surface area contributed by atoms with Crippen molar-refractivity contribution >= 4 is 18.2 Å². The Hall–Kier alpha value is -2.63. The fourth-order valence-corrected chi connectivity index (χ4v) is 1.33. The number of ether oxygens (including phenoxy) is 1. The molecule has 1 aromatic carbocycles. The van der Waals surface area contributed by atoms with E-state index in [9.17, 15) is 10.1 Å². The molecule has 0 saturated carbocycles. The van der Waals surface area contributed by atoms with E-state index < -0.39 is 10.9 Å². The topological polar surface area (TPSA) is 78.4 Å². The molecule has 0 N–H and O–H groups in total. The first-order valence-corrected chi connectivity index (χ1v) is 5.11. The standard InChI is InChI=1S/C12H10N2O4/c1-17-10-5-2-9(3-6-10)4-7-11-8-13-12(18-11)14(15)16/h2-8H,1H3/b7-4+. The molecule has 0 aliphatic rings. The third kappa shape index (κ3) is 2.73. The summed E-state index contributed by atoms with van der Waals surface area (Å²) in [6.07, 6.45) is 4.68. The normalized spacial score (nSPS) is 10.7. The van der Waals surface area contributed by atoms with Crippen molar-refractivity contribution < 1.29 is 14.1 Å². The van der Waals surface area contributed by atoms with Crippen molar-refractivity contribution in [3.8, 4) is 5.75 Å². The van der Waals surface area contributed by atoms with Crippen molar-refractivity contribution in [2.45, 2.75) is 0 Å². The van der Waals surface area contributed by atoms with Crippen LogP contribution in [0, 0.1) is 10.1 Å². The number of benzene rings is 1. The van der Waals surface area contributed by atoms with E-state index in [1.54, 1.807) is 19.3 Å². The number of rotatable bonds is 4. The third-order valence-electron chi connectivity index (χ3n) is 2.22. The van der Waals surface area contributed by atoms with E-state index in [2.05, 4.69) is 4.98 Å². The van der Waals surface area contributed by atoms with Gasteiger partial charge >= 0.3 is 6.01 Å². The fraction of sp³-hybridized carbons (Fsp3) is 0.0833. The number of aromatic nitrogens is 1. The molecule has 0 fully saturated rings. The van der Waals surface area contributed by atoms with Crippen LogP contribution in [0.25, 0.3) is 12.2 Å². The minimum Gasteiger partial charge on any atom is -0.497 e. The molecule has 0 spiro atoms. The number of hydrogen-bond acceptors (Lipinski definition) is 5. The van der Waals surface area contributed by atoms with Crippen molar-refractivity contribution in [1.82, 2.24) is 4.98 Å². The first kappa shape index (κ1) is 11.8. The molecule has 0 bridgehead atoms. The van der Waals surface area contributed by atoms with Gasteiger partial charge in [-0.15, -0.1) is 0 Å². The second-order valence-electron chi connectivity index (χ2n) is 3.41. The minimum absolute atomic E-state index is 0.331. The summed E-state index contributed by atoms with van der Waals surface area (Å²) in [6, 6.07) is 6.86. The predicted octanol–water partition coefficient (Wildman–Crippen LogP) is 2.76. The van der Waals surface area contributed by atoms with Crippen molar-refractivity contribution in [1.29, 1.82) is 0 Å². The molecule has 0 radical (unpaired) electrons. The van der Waals surface area contributed by atoms with Crippen LogP contribution in [-0.4, -0.2) is 17.0 Å². The van der Waals surface area contributed by atoms with Crippen LogP contribution in [0.15, 0.2) is 34.9 Å². The van der Waals surface area contributed by atoms with Gasteiger partial charge in [-0.3, -0.25) is 0 Å². The molecular formula is C12H10N2O4. The van der Waals surface area contributed by atoms with Crippen molar-refractivity contribution in [2.75, 3.05) is 7.11 Å². The number of nitrogens with zero attached hydrogens (tertiary/aromatic N) is 2. The van der Waals surface area contributed by atoms with Gasteiger partial charge in [0.2, 0.25) is 0 Å². The average molecular weight is 246 g/mol. The highest BCUT2D eigenvalue weighted by atomic mass is 16.7. The van der Waals surface area contributed by atoms with Gasteiger partial charge in [0.1, 0.15) is 5.75 Å². The van der Waals surface area contributed by atoms with Crippen LogP contribution in [-0.2, 0) is 0 Å². The fourth-order valence-electron chi connectivity index (χ4n) is 1.33. The maximum Gasteiger partial charge on any atom is 0.546 e. The summed E-state index contributed by atoms with van der Waals surface area (Å²) in [4.78, 5) is 13.2. The van der Waals surface area contributed by atoms with E-state index in [-0.39, 0.29) is 0 Å². The smallest absolute Gasteiger partial charge is 0.497 e. The molecule has 0 unspecified atom stereocenters. The molecule has 0 aliphatic heterocycles. The van der Waals surface area contributed by atoms with Gasteiger partial charge in [-0.05, 0) is 28.8 Å².